The van der Waals surface area contributed by atoms with Crippen molar-refractivity contribution in [1.29, 1.82) is 0 Å². The Kier molecular flexibility index (Phi) is 1.93. The fourth-order valence-corrected chi connectivity index (χ4v) is 5.78. The molecule has 0 radical (unpaired) electrons. The largest absolute Gasteiger partial charge is 0.458 e. The van der Waals surface area contributed by atoms with Crippen LogP contribution in [0.3, 0.4) is 0 Å². The Hall–Kier alpha value is -1.18. The molecule has 2 N–H and O–H groups in total. The van der Waals surface area contributed by atoms with E-state index in [1.807, 2.05) is 0 Å². The molecule has 2 aliphatic carbocycles. The molecule has 5 rings (SSSR count). The molecule has 5 aliphatic rings. The van der Waals surface area contributed by atoms with Gasteiger partial charge < -0.3 is 24.4 Å². The predicted molar refractivity (Wildman–Crippen MR) is 68.2 cm³/mol. The van der Waals surface area contributed by atoms with E-state index < -0.39 is 70.7 Å². The van der Waals surface area contributed by atoms with Crippen molar-refractivity contribution in [2.24, 2.45) is 23.2 Å². The standard InChI is InChI=1S/C15H18O7/c1-13(2,18)4-5-11(16)21-7(4)9-14(3)6(12(17)22-9)8-10(20-8)15(5,14)19/h4-10,18-19H,1-3H3/t4-,5+,6?,7+,8-,9+,10?,14+,15-/m0/s1. The van der Waals surface area contributed by atoms with Crippen molar-refractivity contribution in [3.05, 3.63) is 0 Å². The third kappa shape index (κ3) is 1.04. The highest BCUT2D eigenvalue weighted by Crippen LogP contribution is 2.73. The molecule has 0 aromatic heterocycles. The Morgan fingerprint density at radius 2 is 1.68 bits per heavy atom. The van der Waals surface area contributed by atoms with Gasteiger partial charge in [0.05, 0.1) is 22.9 Å². The van der Waals surface area contributed by atoms with Gasteiger partial charge in [0.2, 0.25) is 0 Å². The molecule has 5 fully saturated rings. The van der Waals surface area contributed by atoms with Gasteiger partial charge in [-0.1, -0.05) is 6.92 Å². The van der Waals surface area contributed by atoms with Crippen LogP contribution in [0.1, 0.15) is 20.8 Å². The maximum Gasteiger partial charge on any atom is 0.312 e. The Bertz CT molecular complexity index is 624. The van der Waals surface area contributed by atoms with Gasteiger partial charge in [0, 0.05) is 5.92 Å². The van der Waals surface area contributed by atoms with Crippen LogP contribution in [0.15, 0.2) is 0 Å². The van der Waals surface area contributed by atoms with Crippen LogP contribution in [0.25, 0.3) is 0 Å². The molecule has 0 aromatic rings. The van der Waals surface area contributed by atoms with Gasteiger partial charge in [0.1, 0.15) is 30.0 Å². The number of fused-ring (bicyclic) bond motifs is 7. The second-order valence-corrected chi connectivity index (χ2v) is 8.02. The van der Waals surface area contributed by atoms with Gasteiger partial charge in [-0.3, -0.25) is 9.59 Å². The highest BCUT2D eigenvalue weighted by molar-refractivity contribution is 5.85. The zero-order valence-corrected chi connectivity index (χ0v) is 12.5. The van der Waals surface area contributed by atoms with Crippen molar-refractivity contribution in [3.8, 4) is 0 Å². The first-order chi connectivity index (χ1) is 10.1. The third-order valence-corrected chi connectivity index (χ3v) is 6.69. The number of carbonyl (C=O) groups excluding carboxylic acids is 2. The highest BCUT2D eigenvalue weighted by Gasteiger charge is 2.91. The number of esters is 2. The second-order valence-electron chi connectivity index (χ2n) is 8.02. The first kappa shape index (κ1) is 13.3. The molecule has 2 saturated carbocycles. The summed E-state index contributed by atoms with van der Waals surface area (Å²) < 4.78 is 16.5. The summed E-state index contributed by atoms with van der Waals surface area (Å²) in [6, 6.07) is 0. The summed E-state index contributed by atoms with van der Waals surface area (Å²) in [5.74, 6) is -3.07. The van der Waals surface area contributed by atoms with Gasteiger partial charge in [-0.15, -0.1) is 0 Å². The molecule has 2 unspecified atom stereocenters. The lowest BCUT2D eigenvalue weighted by Gasteiger charge is -2.53. The Morgan fingerprint density at radius 3 is 2.32 bits per heavy atom. The molecular formula is C15H18O7. The van der Waals surface area contributed by atoms with Gasteiger partial charge in [-0.25, -0.2) is 0 Å². The zero-order valence-electron chi connectivity index (χ0n) is 12.5. The molecule has 7 heteroatoms. The van der Waals surface area contributed by atoms with E-state index in [0.29, 0.717) is 0 Å². The first-order valence-electron chi connectivity index (χ1n) is 7.64. The Morgan fingerprint density at radius 1 is 1.05 bits per heavy atom. The van der Waals surface area contributed by atoms with Crippen LogP contribution in [0.5, 0.6) is 0 Å². The smallest absolute Gasteiger partial charge is 0.312 e. The number of aliphatic hydroxyl groups is 2. The summed E-state index contributed by atoms with van der Waals surface area (Å²) in [5, 5.41) is 22.0. The van der Waals surface area contributed by atoms with E-state index >= 15 is 0 Å². The summed E-state index contributed by atoms with van der Waals surface area (Å²) in [4.78, 5) is 24.7. The lowest BCUT2D eigenvalue weighted by Crippen LogP contribution is -2.69. The summed E-state index contributed by atoms with van der Waals surface area (Å²) in [7, 11) is 0. The predicted octanol–water partition coefficient (Wildman–Crippen LogP) is -1.01. The van der Waals surface area contributed by atoms with Crippen LogP contribution < -0.4 is 0 Å². The van der Waals surface area contributed by atoms with Gasteiger partial charge in [0.15, 0.2) is 0 Å². The maximum atomic E-state index is 12.4. The van der Waals surface area contributed by atoms with Crippen molar-refractivity contribution in [1.82, 2.24) is 0 Å². The normalized spacial score (nSPS) is 60.7. The molecule has 7 nitrogen and oxygen atoms in total. The van der Waals surface area contributed by atoms with Gasteiger partial charge in [0.25, 0.3) is 0 Å². The number of ether oxygens (including phenoxy) is 3. The number of hydrogen-bond acceptors (Lipinski definition) is 7. The van der Waals surface area contributed by atoms with E-state index in [2.05, 4.69) is 0 Å². The fourth-order valence-electron chi connectivity index (χ4n) is 5.78. The monoisotopic (exact) mass is 310 g/mol. The minimum Gasteiger partial charge on any atom is -0.458 e. The summed E-state index contributed by atoms with van der Waals surface area (Å²) >= 11 is 0. The number of epoxide rings is 1. The SMILES string of the molecule is CC(C)(O)[C@@H]1[C@H]2OC(=O)[C@@H]1[C@]1(O)C3O[C@H]3C3C(=O)O[C@H]2[C@@]31C. The Labute approximate surface area is 126 Å². The van der Waals surface area contributed by atoms with Crippen molar-refractivity contribution in [2.45, 2.75) is 56.4 Å². The van der Waals surface area contributed by atoms with Crippen LogP contribution in [-0.2, 0) is 23.8 Å². The van der Waals surface area contributed by atoms with Crippen molar-refractivity contribution in [2.75, 3.05) is 0 Å². The molecule has 2 bridgehead atoms. The topological polar surface area (TPSA) is 106 Å². The Balaban J connectivity index is 1.76. The summed E-state index contributed by atoms with van der Waals surface area (Å²) in [5.41, 5.74) is -3.72. The number of carbonyl (C=O) groups is 2. The lowest BCUT2D eigenvalue weighted by molar-refractivity contribution is -0.225. The highest BCUT2D eigenvalue weighted by atomic mass is 16.6. The molecule has 0 spiro atoms. The van der Waals surface area contributed by atoms with Crippen molar-refractivity contribution < 1.29 is 34.0 Å². The lowest BCUT2D eigenvalue weighted by atomic mass is 9.52. The van der Waals surface area contributed by atoms with E-state index in [4.69, 9.17) is 14.2 Å². The molecule has 3 aliphatic heterocycles. The molecular weight excluding hydrogens is 292 g/mol. The average Bonchev–Trinajstić information content (AvgIpc) is 2.96. The van der Waals surface area contributed by atoms with E-state index in [1.165, 1.54) is 0 Å². The van der Waals surface area contributed by atoms with Crippen molar-refractivity contribution >= 4 is 11.9 Å². The van der Waals surface area contributed by atoms with E-state index in [-0.39, 0.29) is 0 Å². The summed E-state index contributed by atoms with van der Waals surface area (Å²) in [6.07, 6.45) is -2.44. The molecule has 3 heterocycles. The number of rotatable bonds is 1. The summed E-state index contributed by atoms with van der Waals surface area (Å²) in [6.45, 7) is 4.95. The van der Waals surface area contributed by atoms with Gasteiger partial charge in [-0.05, 0) is 13.8 Å². The minimum atomic E-state index is -1.55. The number of hydrogen-bond donors (Lipinski definition) is 2. The zero-order chi connectivity index (χ0) is 15.8. The van der Waals surface area contributed by atoms with E-state index in [1.54, 1.807) is 20.8 Å². The third-order valence-electron chi connectivity index (χ3n) is 6.69. The van der Waals surface area contributed by atoms with Crippen LogP contribution in [0.4, 0.5) is 0 Å². The quantitative estimate of drug-likeness (QED) is 0.472. The van der Waals surface area contributed by atoms with Gasteiger partial charge >= 0.3 is 11.9 Å². The maximum absolute atomic E-state index is 12.4. The molecule has 3 saturated heterocycles. The van der Waals surface area contributed by atoms with Crippen molar-refractivity contribution in [3.63, 3.8) is 0 Å². The van der Waals surface area contributed by atoms with E-state index in [0.717, 1.165) is 0 Å². The second kappa shape index (κ2) is 3.20. The van der Waals surface area contributed by atoms with Crippen LogP contribution in [0.2, 0.25) is 0 Å². The first-order valence-corrected chi connectivity index (χ1v) is 7.64. The van der Waals surface area contributed by atoms with Crippen LogP contribution >= 0.6 is 0 Å². The molecule has 9 atom stereocenters. The fraction of sp³-hybridized carbons (Fsp3) is 0.867. The van der Waals surface area contributed by atoms with E-state index in [9.17, 15) is 19.8 Å². The molecule has 22 heavy (non-hydrogen) atoms. The van der Waals surface area contributed by atoms with Crippen LogP contribution in [0, 0.1) is 23.2 Å². The molecule has 0 amide bonds. The van der Waals surface area contributed by atoms with Gasteiger partial charge in [-0.2, -0.15) is 0 Å². The minimum absolute atomic E-state index is 0.401. The molecule has 120 valence electrons. The van der Waals surface area contributed by atoms with Crippen LogP contribution in [-0.4, -0.2) is 57.8 Å². The molecule has 0 aromatic carbocycles. The average molecular weight is 310 g/mol.